The summed E-state index contributed by atoms with van der Waals surface area (Å²) in [6.45, 7) is 3.55. The van der Waals surface area contributed by atoms with Gasteiger partial charge in [0.15, 0.2) is 0 Å². The zero-order chi connectivity index (χ0) is 11.6. The van der Waals surface area contributed by atoms with Gasteiger partial charge in [0.2, 0.25) is 0 Å². The Morgan fingerprint density at radius 1 is 1.38 bits per heavy atom. The molecule has 0 unspecified atom stereocenters. The summed E-state index contributed by atoms with van der Waals surface area (Å²) in [6.07, 6.45) is 0. The van der Waals surface area contributed by atoms with Gasteiger partial charge < -0.3 is 14.8 Å². The molecule has 1 heterocycles. The predicted molar refractivity (Wildman–Crippen MR) is 63.4 cm³/mol. The molecular formula is C11H16N2O2S. The van der Waals surface area contributed by atoms with E-state index >= 15 is 0 Å². The van der Waals surface area contributed by atoms with Gasteiger partial charge in [-0.25, -0.2) is 0 Å². The summed E-state index contributed by atoms with van der Waals surface area (Å²) in [4.78, 5) is 1.93. The van der Waals surface area contributed by atoms with E-state index in [-0.39, 0.29) is 0 Å². The lowest BCUT2D eigenvalue weighted by Gasteiger charge is -2.04. The summed E-state index contributed by atoms with van der Waals surface area (Å²) in [6, 6.07) is 5.94. The lowest BCUT2D eigenvalue weighted by atomic mass is 10.4. The topological polar surface area (TPSA) is 54.3 Å². The van der Waals surface area contributed by atoms with Crippen LogP contribution in [0.5, 0.6) is 0 Å². The molecule has 4 nitrogen and oxygen atoms in total. The van der Waals surface area contributed by atoms with Crippen molar-refractivity contribution in [1.82, 2.24) is 5.32 Å². The maximum atomic E-state index is 8.65. The highest BCUT2D eigenvalue weighted by Gasteiger charge is 1.98. The van der Waals surface area contributed by atoms with Crippen LogP contribution in [0.15, 0.2) is 12.1 Å². The highest BCUT2D eigenvalue weighted by atomic mass is 32.1. The first-order chi connectivity index (χ1) is 7.86. The lowest BCUT2D eigenvalue weighted by Crippen LogP contribution is -2.19. The van der Waals surface area contributed by atoms with Gasteiger partial charge in [0.25, 0.3) is 0 Å². The van der Waals surface area contributed by atoms with E-state index in [9.17, 15) is 0 Å². The van der Waals surface area contributed by atoms with E-state index in [1.807, 2.05) is 12.1 Å². The van der Waals surface area contributed by atoms with Crippen LogP contribution < -0.4 is 5.32 Å². The number of ether oxygens (including phenoxy) is 2. The van der Waals surface area contributed by atoms with Gasteiger partial charge in [-0.1, -0.05) is 0 Å². The molecule has 0 spiro atoms. The van der Waals surface area contributed by atoms with E-state index in [1.54, 1.807) is 7.11 Å². The Labute approximate surface area is 99.8 Å². The first-order valence-electron chi connectivity index (χ1n) is 5.13. The lowest BCUT2D eigenvalue weighted by molar-refractivity contribution is 0.0719. The average Bonchev–Trinajstić information content (AvgIpc) is 2.76. The fourth-order valence-electron chi connectivity index (χ4n) is 1.13. The second kappa shape index (κ2) is 8.25. The van der Waals surface area contributed by atoms with Gasteiger partial charge in [-0.2, -0.15) is 5.26 Å². The molecule has 1 aromatic rings. The Bertz CT molecular complexity index is 333. The second-order valence-corrected chi connectivity index (χ2v) is 4.33. The van der Waals surface area contributed by atoms with Gasteiger partial charge in [-0.15, -0.1) is 11.3 Å². The molecule has 0 saturated heterocycles. The van der Waals surface area contributed by atoms with Crippen LogP contribution in [0.25, 0.3) is 0 Å². The number of hydrogen-bond donors (Lipinski definition) is 1. The zero-order valence-corrected chi connectivity index (χ0v) is 10.2. The minimum absolute atomic E-state index is 0.635. The van der Waals surface area contributed by atoms with Crippen LogP contribution in [0.1, 0.15) is 9.75 Å². The fraction of sp³-hybridized carbons (Fsp3) is 0.545. The first kappa shape index (κ1) is 13.1. The summed E-state index contributed by atoms with van der Waals surface area (Å²) in [5.74, 6) is 0. The van der Waals surface area contributed by atoms with Crippen molar-refractivity contribution in [1.29, 1.82) is 5.26 Å². The van der Waals surface area contributed by atoms with Gasteiger partial charge in [0, 0.05) is 25.1 Å². The maximum Gasteiger partial charge on any atom is 0.110 e. The molecule has 0 aliphatic rings. The molecule has 0 amide bonds. The summed E-state index contributed by atoms with van der Waals surface area (Å²) in [7, 11) is 1.66. The molecule has 0 saturated carbocycles. The molecule has 0 aromatic carbocycles. The number of hydrogen-bond acceptors (Lipinski definition) is 5. The molecule has 0 atom stereocenters. The Balaban J connectivity index is 2.01. The summed E-state index contributed by atoms with van der Waals surface area (Å²) >= 11 is 1.52. The van der Waals surface area contributed by atoms with Crippen molar-refractivity contribution < 1.29 is 9.47 Å². The standard InChI is InChI=1S/C11H16N2O2S/c1-14-6-7-15-5-4-13-9-11-3-2-10(8-12)16-11/h2-3,13H,4-7,9H2,1H3. The van der Waals surface area contributed by atoms with Crippen LogP contribution >= 0.6 is 11.3 Å². The third kappa shape index (κ3) is 5.24. The third-order valence-electron chi connectivity index (χ3n) is 1.93. The van der Waals surface area contributed by atoms with Gasteiger partial charge in [0.05, 0.1) is 19.8 Å². The summed E-state index contributed by atoms with van der Waals surface area (Å²) in [5, 5.41) is 11.9. The largest absolute Gasteiger partial charge is 0.382 e. The Morgan fingerprint density at radius 3 is 2.94 bits per heavy atom. The number of methoxy groups -OCH3 is 1. The van der Waals surface area contributed by atoms with Crippen molar-refractivity contribution in [3.8, 4) is 6.07 Å². The van der Waals surface area contributed by atoms with Crippen LogP contribution in [0.4, 0.5) is 0 Å². The van der Waals surface area contributed by atoms with E-state index in [4.69, 9.17) is 14.7 Å². The second-order valence-electron chi connectivity index (χ2n) is 3.16. The van der Waals surface area contributed by atoms with Crippen LogP contribution in [-0.2, 0) is 16.0 Å². The smallest absolute Gasteiger partial charge is 0.110 e. The van der Waals surface area contributed by atoms with Gasteiger partial charge >= 0.3 is 0 Å². The van der Waals surface area contributed by atoms with Gasteiger partial charge in [-0.05, 0) is 12.1 Å². The number of rotatable bonds is 8. The molecule has 0 bridgehead atoms. The minimum atomic E-state index is 0.635. The summed E-state index contributed by atoms with van der Waals surface area (Å²) < 4.78 is 10.2. The van der Waals surface area contributed by atoms with E-state index in [0.29, 0.717) is 19.8 Å². The number of nitrogens with zero attached hydrogens (tertiary/aromatic N) is 1. The molecule has 88 valence electrons. The monoisotopic (exact) mass is 240 g/mol. The molecule has 0 radical (unpaired) electrons. The summed E-state index contributed by atoms with van der Waals surface area (Å²) in [5.41, 5.74) is 0. The van der Waals surface area contributed by atoms with Crippen molar-refractivity contribution in [2.45, 2.75) is 6.54 Å². The fourth-order valence-corrected chi connectivity index (χ4v) is 1.91. The number of thiophene rings is 1. The molecule has 0 aliphatic carbocycles. The van der Waals surface area contributed by atoms with E-state index in [1.165, 1.54) is 16.2 Å². The van der Waals surface area contributed by atoms with Crippen molar-refractivity contribution in [2.24, 2.45) is 0 Å². The van der Waals surface area contributed by atoms with Crippen molar-refractivity contribution in [3.63, 3.8) is 0 Å². The molecule has 1 N–H and O–H groups in total. The SMILES string of the molecule is COCCOCCNCc1ccc(C#N)s1. The normalized spacial score (nSPS) is 10.2. The van der Waals surface area contributed by atoms with Gasteiger partial charge in [0.1, 0.15) is 10.9 Å². The Hall–Kier alpha value is -0.930. The van der Waals surface area contributed by atoms with Crippen LogP contribution in [-0.4, -0.2) is 33.5 Å². The number of nitrogens with one attached hydrogen (secondary N) is 1. The quantitative estimate of drug-likeness (QED) is 0.697. The highest BCUT2D eigenvalue weighted by Crippen LogP contribution is 2.14. The van der Waals surface area contributed by atoms with Crippen molar-refractivity contribution in [3.05, 3.63) is 21.9 Å². The maximum absolute atomic E-state index is 8.65. The number of nitriles is 1. The molecule has 5 heteroatoms. The van der Waals surface area contributed by atoms with Gasteiger partial charge in [-0.3, -0.25) is 0 Å². The molecule has 0 fully saturated rings. The van der Waals surface area contributed by atoms with Crippen LogP contribution in [0.2, 0.25) is 0 Å². The molecule has 1 rings (SSSR count). The molecule has 1 aromatic heterocycles. The molecule has 0 aliphatic heterocycles. The average molecular weight is 240 g/mol. The molecular weight excluding hydrogens is 224 g/mol. The van der Waals surface area contributed by atoms with E-state index < -0.39 is 0 Å². The highest BCUT2D eigenvalue weighted by molar-refractivity contribution is 7.12. The van der Waals surface area contributed by atoms with E-state index in [2.05, 4.69) is 11.4 Å². The Morgan fingerprint density at radius 2 is 2.25 bits per heavy atom. The van der Waals surface area contributed by atoms with Crippen LogP contribution in [0, 0.1) is 11.3 Å². The van der Waals surface area contributed by atoms with Crippen LogP contribution in [0.3, 0.4) is 0 Å². The predicted octanol–water partition coefficient (Wildman–Crippen LogP) is 1.37. The van der Waals surface area contributed by atoms with Crippen molar-refractivity contribution in [2.75, 3.05) is 33.5 Å². The minimum Gasteiger partial charge on any atom is -0.382 e. The first-order valence-corrected chi connectivity index (χ1v) is 5.94. The Kier molecular flexibility index (Phi) is 6.77. The molecule has 16 heavy (non-hydrogen) atoms. The van der Waals surface area contributed by atoms with Crippen molar-refractivity contribution >= 4 is 11.3 Å². The zero-order valence-electron chi connectivity index (χ0n) is 9.36. The third-order valence-corrected chi connectivity index (χ3v) is 2.92. The van der Waals surface area contributed by atoms with E-state index in [0.717, 1.165) is 18.0 Å².